The molecule has 0 saturated heterocycles. The summed E-state index contributed by atoms with van der Waals surface area (Å²) in [6.07, 6.45) is 4.29. The highest BCUT2D eigenvalue weighted by atomic mass is 15.0. The zero-order valence-corrected chi connectivity index (χ0v) is 22.3. The summed E-state index contributed by atoms with van der Waals surface area (Å²) in [6.45, 7) is 25.7. The summed E-state index contributed by atoms with van der Waals surface area (Å²) in [7, 11) is 0. The summed E-state index contributed by atoms with van der Waals surface area (Å²) in [4.78, 5) is 10.2. The van der Waals surface area contributed by atoms with Gasteiger partial charge in [-0.05, 0) is 57.1 Å². The normalized spacial score (nSPS) is 19.2. The minimum Gasteiger partial charge on any atom is -0.299 e. The standard InChI is InChI=1S/C30H39N3/c1-17(2)19-16-31-25(27(3,4)5)18-12-13-33-23-15-21-20(14-22(23)32-26(33)24(18)19)28(6,7)30(10,11)29(21,8)9/h12-17H,1-11H3. The Bertz CT molecular complexity index is 1440. The van der Waals surface area contributed by atoms with Crippen LogP contribution in [0.5, 0.6) is 0 Å². The second kappa shape index (κ2) is 6.37. The Balaban J connectivity index is 1.93. The molecule has 3 aromatic heterocycles. The second-order valence-electron chi connectivity index (χ2n) is 13.1. The molecular formula is C30H39N3. The molecule has 5 rings (SSSR count). The molecule has 3 nitrogen and oxygen atoms in total. The molecular weight excluding hydrogens is 402 g/mol. The monoisotopic (exact) mass is 441 g/mol. The minimum atomic E-state index is -0.0288. The van der Waals surface area contributed by atoms with Gasteiger partial charge in [-0.2, -0.15) is 0 Å². The van der Waals surface area contributed by atoms with Gasteiger partial charge in [-0.3, -0.25) is 9.38 Å². The smallest absolute Gasteiger partial charge is 0.146 e. The van der Waals surface area contributed by atoms with Gasteiger partial charge < -0.3 is 0 Å². The fourth-order valence-corrected chi connectivity index (χ4v) is 6.10. The Hall–Kier alpha value is -2.42. The third kappa shape index (κ3) is 2.68. The summed E-state index contributed by atoms with van der Waals surface area (Å²) in [5.41, 5.74) is 8.93. The average Bonchev–Trinajstić information content (AvgIpc) is 3.12. The Morgan fingerprint density at radius 2 is 1.52 bits per heavy atom. The molecule has 1 aliphatic rings. The second-order valence-corrected chi connectivity index (χ2v) is 13.1. The van der Waals surface area contributed by atoms with Gasteiger partial charge in [0.25, 0.3) is 0 Å². The Labute approximate surface area is 198 Å². The van der Waals surface area contributed by atoms with Crippen LogP contribution in [0.15, 0.2) is 30.6 Å². The summed E-state index contributed by atoms with van der Waals surface area (Å²) in [5.74, 6) is 0.378. The van der Waals surface area contributed by atoms with E-state index in [2.05, 4.69) is 111 Å². The number of benzene rings is 1. The maximum atomic E-state index is 5.28. The molecule has 1 aromatic carbocycles. The number of imidazole rings is 1. The minimum absolute atomic E-state index is 0.0288. The lowest BCUT2D eigenvalue weighted by Gasteiger charge is -2.44. The molecule has 0 radical (unpaired) electrons. The van der Waals surface area contributed by atoms with Gasteiger partial charge >= 0.3 is 0 Å². The zero-order chi connectivity index (χ0) is 24.3. The van der Waals surface area contributed by atoms with Crippen LogP contribution >= 0.6 is 0 Å². The van der Waals surface area contributed by atoms with E-state index >= 15 is 0 Å². The highest BCUT2D eigenvalue weighted by molar-refractivity contribution is 6.02. The first kappa shape index (κ1) is 22.4. The van der Waals surface area contributed by atoms with E-state index in [0.717, 1.165) is 16.9 Å². The van der Waals surface area contributed by atoms with Crippen LogP contribution < -0.4 is 0 Å². The van der Waals surface area contributed by atoms with Gasteiger partial charge in [0.05, 0.1) is 16.7 Å². The summed E-state index contributed by atoms with van der Waals surface area (Å²) in [6, 6.07) is 7.06. The molecule has 3 heteroatoms. The Kier molecular flexibility index (Phi) is 4.32. The topological polar surface area (TPSA) is 30.2 Å². The predicted octanol–water partition coefficient (Wildman–Crippen LogP) is 8.05. The first-order valence-electron chi connectivity index (χ1n) is 12.4. The lowest BCUT2D eigenvalue weighted by atomic mass is 9.59. The van der Waals surface area contributed by atoms with Crippen LogP contribution in [0, 0.1) is 5.41 Å². The number of aromatic nitrogens is 3. The van der Waals surface area contributed by atoms with E-state index in [1.165, 1.54) is 33.0 Å². The van der Waals surface area contributed by atoms with Crippen LogP contribution in [-0.2, 0) is 16.2 Å². The number of rotatable bonds is 1. The van der Waals surface area contributed by atoms with Crippen molar-refractivity contribution in [2.24, 2.45) is 5.41 Å². The molecule has 3 heterocycles. The van der Waals surface area contributed by atoms with Crippen molar-refractivity contribution in [2.75, 3.05) is 0 Å². The van der Waals surface area contributed by atoms with Gasteiger partial charge in [0.2, 0.25) is 0 Å². The lowest BCUT2D eigenvalue weighted by Crippen LogP contribution is -2.42. The van der Waals surface area contributed by atoms with Gasteiger partial charge in [0.15, 0.2) is 0 Å². The fourth-order valence-electron chi connectivity index (χ4n) is 6.10. The molecule has 0 amide bonds. The van der Waals surface area contributed by atoms with Gasteiger partial charge in [-0.1, -0.05) is 76.2 Å². The van der Waals surface area contributed by atoms with Gasteiger partial charge in [-0.25, -0.2) is 4.98 Å². The lowest BCUT2D eigenvalue weighted by molar-refractivity contribution is 0.125. The molecule has 4 aromatic rings. The number of hydrogen-bond donors (Lipinski definition) is 0. The molecule has 0 aliphatic heterocycles. The van der Waals surface area contributed by atoms with Crippen LogP contribution in [0.3, 0.4) is 0 Å². The van der Waals surface area contributed by atoms with Crippen molar-refractivity contribution in [2.45, 2.75) is 98.3 Å². The third-order valence-corrected chi connectivity index (χ3v) is 9.39. The van der Waals surface area contributed by atoms with E-state index in [4.69, 9.17) is 9.97 Å². The number of hydrogen-bond acceptors (Lipinski definition) is 2. The predicted molar refractivity (Wildman–Crippen MR) is 141 cm³/mol. The van der Waals surface area contributed by atoms with E-state index < -0.39 is 0 Å². The SMILES string of the molecule is CC(C)c1cnc(C(C)(C)C)c2ccn3c4cc5c(cc4nc3c12)C(C)(C)C(C)(C)C5(C)C. The van der Waals surface area contributed by atoms with Crippen molar-refractivity contribution in [3.8, 4) is 0 Å². The maximum absolute atomic E-state index is 5.28. The molecule has 0 saturated carbocycles. The van der Waals surface area contributed by atoms with Crippen molar-refractivity contribution in [1.82, 2.24) is 14.4 Å². The Morgan fingerprint density at radius 3 is 2.09 bits per heavy atom. The summed E-state index contributed by atoms with van der Waals surface area (Å²) >= 11 is 0. The molecule has 174 valence electrons. The molecule has 0 N–H and O–H groups in total. The summed E-state index contributed by atoms with van der Waals surface area (Å²) in [5, 5.41) is 2.48. The largest absolute Gasteiger partial charge is 0.299 e. The molecule has 0 spiro atoms. The third-order valence-electron chi connectivity index (χ3n) is 9.39. The van der Waals surface area contributed by atoms with Crippen molar-refractivity contribution >= 4 is 27.5 Å². The van der Waals surface area contributed by atoms with Crippen LogP contribution in [0.1, 0.15) is 104 Å². The molecule has 1 aliphatic carbocycles. The molecule has 0 unspecified atom stereocenters. The first-order valence-corrected chi connectivity index (χ1v) is 12.4. The maximum Gasteiger partial charge on any atom is 0.146 e. The molecule has 0 fully saturated rings. The van der Waals surface area contributed by atoms with Crippen LogP contribution in [0.25, 0.3) is 27.5 Å². The van der Waals surface area contributed by atoms with Crippen molar-refractivity contribution in [1.29, 1.82) is 0 Å². The van der Waals surface area contributed by atoms with Gasteiger partial charge in [-0.15, -0.1) is 0 Å². The van der Waals surface area contributed by atoms with Gasteiger partial charge in [0.1, 0.15) is 5.65 Å². The quantitative estimate of drug-likeness (QED) is 0.299. The highest BCUT2D eigenvalue weighted by Gasteiger charge is 2.56. The van der Waals surface area contributed by atoms with Crippen LogP contribution in [-0.4, -0.2) is 14.4 Å². The van der Waals surface area contributed by atoms with E-state index in [1.54, 1.807) is 0 Å². The van der Waals surface area contributed by atoms with Crippen LogP contribution in [0.4, 0.5) is 0 Å². The van der Waals surface area contributed by atoms with Gasteiger partial charge in [0, 0.05) is 28.6 Å². The summed E-state index contributed by atoms with van der Waals surface area (Å²) < 4.78 is 2.31. The van der Waals surface area contributed by atoms with Crippen LogP contribution in [0.2, 0.25) is 0 Å². The number of nitrogens with zero attached hydrogens (tertiary/aromatic N) is 3. The molecule has 33 heavy (non-hydrogen) atoms. The van der Waals surface area contributed by atoms with Crippen molar-refractivity contribution < 1.29 is 0 Å². The van der Waals surface area contributed by atoms with E-state index in [-0.39, 0.29) is 21.7 Å². The average molecular weight is 442 g/mol. The zero-order valence-electron chi connectivity index (χ0n) is 22.3. The number of fused-ring (bicyclic) bond motifs is 6. The molecule has 0 bridgehead atoms. The Morgan fingerprint density at radius 1 is 0.909 bits per heavy atom. The highest BCUT2D eigenvalue weighted by Crippen LogP contribution is 2.61. The van der Waals surface area contributed by atoms with E-state index in [1.807, 2.05) is 0 Å². The number of pyridine rings is 2. The van der Waals surface area contributed by atoms with Crippen molar-refractivity contribution in [3.63, 3.8) is 0 Å². The van der Waals surface area contributed by atoms with E-state index in [0.29, 0.717) is 5.92 Å². The molecule has 0 atom stereocenters. The first-order chi connectivity index (χ1) is 15.1. The van der Waals surface area contributed by atoms with Crippen molar-refractivity contribution in [3.05, 3.63) is 53.0 Å². The van der Waals surface area contributed by atoms with E-state index in [9.17, 15) is 0 Å². The fraction of sp³-hybridized carbons (Fsp3) is 0.533.